The second-order valence-electron chi connectivity index (χ2n) is 6.85. The molecule has 1 fully saturated rings. The van der Waals surface area contributed by atoms with Crippen molar-refractivity contribution in [3.8, 4) is 0 Å². The zero-order valence-electron chi connectivity index (χ0n) is 13.9. The Kier molecular flexibility index (Phi) is 4.79. The molecular formula is C19H25ClN4. The van der Waals surface area contributed by atoms with Gasteiger partial charge in [0.05, 0.1) is 0 Å². The molecule has 3 aliphatic rings. The maximum absolute atomic E-state index is 6.25. The minimum absolute atomic E-state index is 0.341. The van der Waals surface area contributed by atoms with Gasteiger partial charge in [0.25, 0.3) is 0 Å². The number of halogens is 1. The molecule has 4 nitrogen and oxygen atoms in total. The van der Waals surface area contributed by atoms with Crippen molar-refractivity contribution in [3.05, 3.63) is 39.2 Å². The maximum atomic E-state index is 6.25. The summed E-state index contributed by atoms with van der Waals surface area (Å²) in [6.07, 6.45) is 8.96. The molecule has 0 aromatic heterocycles. The van der Waals surface area contributed by atoms with Crippen LogP contribution in [0.2, 0.25) is 0 Å². The van der Waals surface area contributed by atoms with Gasteiger partial charge < -0.3 is 21.3 Å². The van der Waals surface area contributed by atoms with Gasteiger partial charge in [-0.15, -0.1) is 0 Å². The van der Waals surface area contributed by atoms with E-state index in [1.54, 1.807) is 0 Å². The molecule has 1 aromatic carbocycles. The first-order chi connectivity index (χ1) is 11.8. The third kappa shape index (κ3) is 3.46. The van der Waals surface area contributed by atoms with Gasteiger partial charge in [-0.25, -0.2) is 0 Å². The summed E-state index contributed by atoms with van der Waals surface area (Å²) in [5.41, 5.74) is 2.58. The summed E-state index contributed by atoms with van der Waals surface area (Å²) in [6.45, 7) is 4.82. The minimum atomic E-state index is 0.341. The number of benzene rings is 1. The predicted molar refractivity (Wildman–Crippen MR) is 102 cm³/mol. The number of rotatable bonds is 3. The lowest BCUT2D eigenvalue weighted by molar-refractivity contribution is 0.479. The third-order valence-corrected chi connectivity index (χ3v) is 5.35. The molecule has 1 saturated heterocycles. The molecule has 4 N–H and O–H groups in total. The van der Waals surface area contributed by atoms with E-state index >= 15 is 0 Å². The summed E-state index contributed by atoms with van der Waals surface area (Å²) >= 11 is 6.25. The summed E-state index contributed by atoms with van der Waals surface area (Å²) in [6, 6.07) is 5.18. The summed E-state index contributed by atoms with van der Waals surface area (Å²) in [5, 5.41) is 17.5. The van der Waals surface area contributed by atoms with Gasteiger partial charge in [-0.1, -0.05) is 29.8 Å². The lowest BCUT2D eigenvalue weighted by Crippen LogP contribution is -2.40. The Bertz CT molecular complexity index is 749. The molecule has 5 heteroatoms. The highest BCUT2D eigenvalue weighted by atomic mass is 35.5. The molecule has 3 heterocycles. The molecule has 0 radical (unpaired) electrons. The Balaban J connectivity index is 1.71. The molecule has 0 aliphatic carbocycles. The summed E-state index contributed by atoms with van der Waals surface area (Å²) < 4.78 is 0. The van der Waals surface area contributed by atoms with Gasteiger partial charge in [0.1, 0.15) is 0 Å². The highest BCUT2D eigenvalue weighted by Crippen LogP contribution is 2.23. The van der Waals surface area contributed by atoms with Crippen LogP contribution in [0.1, 0.15) is 24.3 Å². The van der Waals surface area contributed by atoms with Crippen molar-refractivity contribution in [2.75, 3.05) is 38.0 Å². The van der Waals surface area contributed by atoms with Gasteiger partial charge >= 0.3 is 0 Å². The lowest BCUT2D eigenvalue weighted by Gasteiger charge is -2.27. The molecule has 4 rings (SSSR count). The van der Waals surface area contributed by atoms with Gasteiger partial charge in [-0.05, 0) is 42.8 Å². The first kappa shape index (κ1) is 16.0. The molecule has 128 valence electrons. The van der Waals surface area contributed by atoms with Crippen molar-refractivity contribution < 1.29 is 0 Å². The Labute approximate surface area is 148 Å². The van der Waals surface area contributed by atoms with E-state index in [1.165, 1.54) is 34.5 Å². The van der Waals surface area contributed by atoms with Crippen LogP contribution in [0.25, 0.3) is 12.3 Å². The molecule has 1 atom stereocenters. The minimum Gasteiger partial charge on any atom is -0.387 e. The van der Waals surface area contributed by atoms with E-state index in [0.717, 1.165) is 37.8 Å². The molecule has 0 amide bonds. The molecule has 0 spiro atoms. The third-order valence-electron chi connectivity index (χ3n) is 5.09. The van der Waals surface area contributed by atoms with Crippen molar-refractivity contribution in [1.29, 1.82) is 0 Å². The van der Waals surface area contributed by atoms with Gasteiger partial charge in [0.2, 0.25) is 0 Å². The van der Waals surface area contributed by atoms with Crippen LogP contribution in [0.5, 0.6) is 0 Å². The zero-order valence-corrected chi connectivity index (χ0v) is 14.6. The number of hydrogen-bond acceptors (Lipinski definition) is 4. The average Bonchev–Trinajstić information content (AvgIpc) is 2.62. The first-order valence-electron chi connectivity index (χ1n) is 8.91. The topological polar surface area (TPSA) is 48.1 Å². The van der Waals surface area contributed by atoms with E-state index in [1.807, 2.05) is 0 Å². The second kappa shape index (κ2) is 7.18. The molecule has 0 bridgehead atoms. The fraction of sp³-hybridized carbons (Fsp3) is 0.474. The van der Waals surface area contributed by atoms with Crippen molar-refractivity contribution in [2.45, 2.75) is 24.8 Å². The summed E-state index contributed by atoms with van der Waals surface area (Å²) in [7, 11) is 0. The van der Waals surface area contributed by atoms with E-state index in [-0.39, 0.29) is 0 Å². The fourth-order valence-corrected chi connectivity index (χ4v) is 4.02. The van der Waals surface area contributed by atoms with Crippen molar-refractivity contribution in [1.82, 2.24) is 16.0 Å². The SMILES string of the molecule is ClC1=CC(c2cc(NC3CCNCC3)c3c(c2)=CCNC=3)CNC1. The average molecular weight is 345 g/mol. The number of piperidine rings is 1. The van der Waals surface area contributed by atoms with E-state index in [0.29, 0.717) is 12.0 Å². The Hall–Kier alpha value is -1.49. The van der Waals surface area contributed by atoms with Crippen molar-refractivity contribution >= 4 is 29.6 Å². The van der Waals surface area contributed by atoms with Gasteiger partial charge in [0.15, 0.2) is 0 Å². The standard InChI is InChI=1S/C19H25ClN4/c20-16-8-15(10-23-11-16)14-7-13-1-4-22-12-18(13)19(9-14)24-17-2-5-21-6-3-17/h1,7-9,12,15,17,21-24H,2-6,10-11H2. The van der Waals surface area contributed by atoms with E-state index in [2.05, 4.69) is 51.8 Å². The van der Waals surface area contributed by atoms with E-state index in [9.17, 15) is 0 Å². The summed E-state index contributed by atoms with van der Waals surface area (Å²) in [5.74, 6) is 0.341. The second-order valence-corrected chi connectivity index (χ2v) is 7.33. The Morgan fingerprint density at radius 3 is 2.83 bits per heavy atom. The van der Waals surface area contributed by atoms with Gasteiger partial charge in [-0.3, -0.25) is 0 Å². The monoisotopic (exact) mass is 344 g/mol. The lowest BCUT2D eigenvalue weighted by atomic mass is 9.94. The highest BCUT2D eigenvalue weighted by Gasteiger charge is 2.18. The molecule has 3 aliphatic heterocycles. The van der Waals surface area contributed by atoms with Crippen LogP contribution in [0.3, 0.4) is 0 Å². The normalized spacial score (nSPS) is 24.0. The van der Waals surface area contributed by atoms with E-state index in [4.69, 9.17) is 11.6 Å². The zero-order chi connectivity index (χ0) is 16.4. The van der Waals surface area contributed by atoms with Crippen LogP contribution < -0.4 is 31.7 Å². The predicted octanol–water partition coefficient (Wildman–Crippen LogP) is 0.782. The largest absolute Gasteiger partial charge is 0.387 e. The van der Waals surface area contributed by atoms with Gasteiger partial charge in [-0.2, -0.15) is 0 Å². The van der Waals surface area contributed by atoms with E-state index < -0.39 is 0 Å². The quantitative estimate of drug-likeness (QED) is 0.654. The van der Waals surface area contributed by atoms with Gasteiger partial charge in [0, 0.05) is 53.7 Å². The van der Waals surface area contributed by atoms with Crippen molar-refractivity contribution in [2.24, 2.45) is 0 Å². The number of nitrogens with one attached hydrogen (secondary N) is 4. The van der Waals surface area contributed by atoms with Crippen LogP contribution in [-0.4, -0.2) is 38.8 Å². The first-order valence-corrected chi connectivity index (χ1v) is 9.29. The van der Waals surface area contributed by atoms with Crippen LogP contribution in [0.15, 0.2) is 23.2 Å². The Morgan fingerprint density at radius 2 is 2.00 bits per heavy atom. The maximum Gasteiger partial charge on any atom is 0.0439 e. The summed E-state index contributed by atoms with van der Waals surface area (Å²) in [4.78, 5) is 0. The molecule has 1 unspecified atom stereocenters. The number of hydrogen-bond donors (Lipinski definition) is 4. The Morgan fingerprint density at radius 1 is 1.12 bits per heavy atom. The van der Waals surface area contributed by atoms with Crippen LogP contribution in [-0.2, 0) is 0 Å². The molecule has 1 aromatic rings. The highest BCUT2D eigenvalue weighted by molar-refractivity contribution is 6.30. The molecule has 24 heavy (non-hydrogen) atoms. The molecule has 0 saturated carbocycles. The van der Waals surface area contributed by atoms with Crippen LogP contribution in [0, 0.1) is 0 Å². The van der Waals surface area contributed by atoms with Crippen LogP contribution >= 0.6 is 11.6 Å². The molecular weight excluding hydrogens is 320 g/mol. The van der Waals surface area contributed by atoms with Crippen molar-refractivity contribution in [3.63, 3.8) is 0 Å². The fourth-order valence-electron chi connectivity index (χ4n) is 3.78. The number of fused-ring (bicyclic) bond motifs is 1. The number of anilines is 1. The smallest absolute Gasteiger partial charge is 0.0439 e. The van der Waals surface area contributed by atoms with Crippen LogP contribution in [0.4, 0.5) is 5.69 Å².